The molecule has 1 N–H and O–H groups in total. The molecule has 0 unspecified atom stereocenters. The molecule has 0 saturated heterocycles. The molecule has 0 aliphatic carbocycles. The summed E-state index contributed by atoms with van der Waals surface area (Å²) in [5, 5.41) is 12.0. The molecular formula is C13H6BrClF2N2. The van der Waals surface area contributed by atoms with Gasteiger partial charge >= 0.3 is 0 Å². The molecule has 0 radical (unpaired) electrons. The molecule has 6 heteroatoms. The highest BCUT2D eigenvalue weighted by atomic mass is 79.9. The molecule has 2 aromatic rings. The average Bonchev–Trinajstić information content (AvgIpc) is 2.37. The summed E-state index contributed by atoms with van der Waals surface area (Å²) < 4.78 is 27.1. The van der Waals surface area contributed by atoms with Crippen LogP contribution in [0.3, 0.4) is 0 Å². The van der Waals surface area contributed by atoms with Gasteiger partial charge in [-0.15, -0.1) is 0 Å². The smallest absolute Gasteiger partial charge is 0.147 e. The third kappa shape index (κ3) is 3.03. The van der Waals surface area contributed by atoms with Crippen LogP contribution in [0.25, 0.3) is 0 Å². The van der Waals surface area contributed by atoms with Crippen LogP contribution in [0.1, 0.15) is 5.56 Å². The van der Waals surface area contributed by atoms with Crippen LogP contribution >= 0.6 is 27.5 Å². The minimum Gasteiger partial charge on any atom is -0.352 e. The Morgan fingerprint density at radius 2 is 1.84 bits per heavy atom. The third-order valence-corrected chi connectivity index (χ3v) is 3.22. The summed E-state index contributed by atoms with van der Waals surface area (Å²) in [6, 6.07) is 8.48. The van der Waals surface area contributed by atoms with Crippen molar-refractivity contribution in [1.29, 1.82) is 5.26 Å². The Hall–Kier alpha value is -1.64. The normalized spacial score (nSPS) is 10.1. The lowest BCUT2D eigenvalue weighted by Crippen LogP contribution is -1.97. The molecule has 2 nitrogen and oxygen atoms in total. The van der Waals surface area contributed by atoms with Gasteiger partial charge in [-0.1, -0.05) is 11.6 Å². The first kappa shape index (κ1) is 13.8. The Morgan fingerprint density at radius 1 is 1.11 bits per heavy atom. The van der Waals surface area contributed by atoms with E-state index in [1.165, 1.54) is 12.1 Å². The minimum absolute atomic E-state index is 0.0344. The van der Waals surface area contributed by atoms with Gasteiger partial charge in [0.25, 0.3) is 0 Å². The molecule has 0 aliphatic rings. The average molecular weight is 344 g/mol. The zero-order valence-corrected chi connectivity index (χ0v) is 11.7. The van der Waals surface area contributed by atoms with Crippen LogP contribution in [-0.4, -0.2) is 0 Å². The molecule has 0 heterocycles. The monoisotopic (exact) mass is 342 g/mol. The molecule has 0 saturated carbocycles. The SMILES string of the molecule is N#Cc1cc(Cl)ccc1Nc1cc(F)c(Br)cc1F. The van der Waals surface area contributed by atoms with Gasteiger partial charge in [0.2, 0.25) is 0 Å². The first-order chi connectivity index (χ1) is 9.01. The van der Waals surface area contributed by atoms with Crippen LogP contribution in [0.15, 0.2) is 34.8 Å². The second-order valence-electron chi connectivity index (χ2n) is 3.67. The van der Waals surface area contributed by atoms with E-state index in [1.807, 2.05) is 6.07 Å². The largest absolute Gasteiger partial charge is 0.352 e. The standard InChI is InChI=1S/C13H6BrClF2N2/c14-9-4-11(17)13(5-10(9)16)19-12-2-1-8(15)3-7(12)6-18/h1-5,19H. The van der Waals surface area contributed by atoms with E-state index in [9.17, 15) is 8.78 Å². The van der Waals surface area contributed by atoms with Crippen molar-refractivity contribution >= 4 is 38.9 Å². The summed E-state index contributed by atoms with van der Waals surface area (Å²) >= 11 is 8.65. The van der Waals surface area contributed by atoms with Gasteiger partial charge in [-0.05, 0) is 40.2 Å². The van der Waals surface area contributed by atoms with Crippen LogP contribution < -0.4 is 5.32 Å². The van der Waals surface area contributed by atoms with Crippen LogP contribution in [-0.2, 0) is 0 Å². The van der Waals surface area contributed by atoms with Crippen molar-refractivity contribution in [3.05, 3.63) is 57.0 Å². The fourth-order valence-electron chi connectivity index (χ4n) is 1.48. The van der Waals surface area contributed by atoms with Gasteiger partial charge in [0.1, 0.15) is 17.7 Å². The number of anilines is 2. The Kier molecular flexibility index (Phi) is 4.03. The maximum Gasteiger partial charge on any atom is 0.147 e. The van der Waals surface area contributed by atoms with Crippen molar-refractivity contribution < 1.29 is 8.78 Å². The zero-order chi connectivity index (χ0) is 14.0. The predicted octanol–water partition coefficient (Wildman–Crippen LogP) is 5.00. The molecule has 0 aliphatic heterocycles. The number of halogens is 4. The fourth-order valence-corrected chi connectivity index (χ4v) is 1.97. The van der Waals surface area contributed by atoms with Gasteiger partial charge < -0.3 is 5.32 Å². The van der Waals surface area contributed by atoms with Gasteiger partial charge in [-0.2, -0.15) is 5.26 Å². The van der Waals surface area contributed by atoms with Crippen molar-refractivity contribution in [2.75, 3.05) is 5.32 Å². The van der Waals surface area contributed by atoms with E-state index >= 15 is 0 Å². The summed E-state index contributed by atoms with van der Waals surface area (Å²) in [5.41, 5.74) is 0.544. The van der Waals surface area contributed by atoms with Crippen molar-refractivity contribution in [2.45, 2.75) is 0 Å². The number of nitriles is 1. The number of rotatable bonds is 2. The highest BCUT2D eigenvalue weighted by molar-refractivity contribution is 9.10. The summed E-state index contributed by atoms with van der Waals surface area (Å²) in [5.74, 6) is -1.23. The van der Waals surface area contributed by atoms with E-state index in [1.54, 1.807) is 6.07 Å². The number of hydrogen-bond acceptors (Lipinski definition) is 2. The number of nitrogens with one attached hydrogen (secondary N) is 1. The van der Waals surface area contributed by atoms with Gasteiger partial charge in [-0.3, -0.25) is 0 Å². The van der Waals surface area contributed by atoms with Crippen LogP contribution in [0.4, 0.5) is 20.2 Å². The van der Waals surface area contributed by atoms with Crippen molar-refractivity contribution in [3.63, 3.8) is 0 Å². The maximum absolute atomic E-state index is 13.7. The number of nitrogens with zero attached hydrogens (tertiary/aromatic N) is 1. The van der Waals surface area contributed by atoms with Crippen LogP contribution in [0, 0.1) is 23.0 Å². The lowest BCUT2D eigenvalue weighted by Gasteiger charge is -2.10. The highest BCUT2D eigenvalue weighted by Crippen LogP contribution is 2.28. The van der Waals surface area contributed by atoms with E-state index in [4.69, 9.17) is 16.9 Å². The molecule has 0 spiro atoms. The summed E-state index contributed by atoms with van der Waals surface area (Å²) in [4.78, 5) is 0. The zero-order valence-electron chi connectivity index (χ0n) is 9.35. The van der Waals surface area contributed by atoms with E-state index in [0.717, 1.165) is 12.1 Å². The molecule has 0 fully saturated rings. The van der Waals surface area contributed by atoms with E-state index in [0.29, 0.717) is 10.7 Å². The quantitative estimate of drug-likeness (QED) is 0.779. The lowest BCUT2D eigenvalue weighted by molar-refractivity contribution is 0.598. The molecule has 0 amide bonds. The van der Waals surface area contributed by atoms with Gasteiger partial charge in [0.05, 0.1) is 21.4 Å². The fraction of sp³-hybridized carbons (Fsp3) is 0. The van der Waals surface area contributed by atoms with E-state index in [2.05, 4.69) is 21.2 Å². The second-order valence-corrected chi connectivity index (χ2v) is 4.96. The molecule has 2 aromatic carbocycles. The second kappa shape index (κ2) is 5.55. The minimum atomic E-state index is -0.632. The summed E-state index contributed by atoms with van der Waals surface area (Å²) in [6.07, 6.45) is 0. The molecule has 0 bridgehead atoms. The lowest BCUT2D eigenvalue weighted by atomic mass is 10.2. The molecular weight excluding hydrogens is 338 g/mol. The summed E-state index contributed by atoms with van der Waals surface area (Å²) in [6.45, 7) is 0. The van der Waals surface area contributed by atoms with Crippen LogP contribution in [0.5, 0.6) is 0 Å². The van der Waals surface area contributed by atoms with Gasteiger partial charge in [0.15, 0.2) is 0 Å². The van der Waals surface area contributed by atoms with Crippen molar-refractivity contribution in [1.82, 2.24) is 0 Å². The first-order valence-electron chi connectivity index (χ1n) is 5.12. The topological polar surface area (TPSA) is 35.8 Å². The van der Waals surface area contributed by atoms with Gasteiger partial charge in [-0.25, -0.2) is 8.78 Å². The molecule has 19 heavy (non-hydrogen) atoms. The van der Waals surface area contributed by atoms with E-state index < -0.39 is 11.6 Å². The number of hydrogen-bond donors (Lipinski definition) is 1. The molecule has 0 aromatic heterocycles. The van der Waals surface area contributed by atoms with E-state index in [-0.39, 0.29) is 15.7 Å². The highest BCUT2D eigenvalue weighted by Gasteiger charge is 2.10. The molecule has 2 rings (SSSR count). The van der Waals surface area contributed by atoms with Crippen molar-refractivity contribution in [3.8, 4) is 6.07 Å². The maximum atomic E-state index is 13.7. The van der Waals surface area contributed by atoms with Crippen LogP contribution in [0.2, 0.25) is 5.02 Å². The van der Waals surface area contributed by atoms with Crippen molar-refractivity contribution in [2.24, 2.45) is 0 Å². The Morgan fingerprint density at radius 3 is 2.53 bits per heavy atom. The van der Waals surface area contributed by atoms with Gasteiger partial charge in [0, 0.05) is 11.1 Å². The summed E-state index contributed by atoms with van der Waals surface area (Å²) in [7, 11) is 0. The molecule has 96 valence electrons. The third-order valence-electron chi connectivity index (χ3n) is 2.38. The Bertz CT molecular complexity index is 683. The first-order valence-corrected chi connectivity index (χ1v) is 6.29. The molecule has 0 atom stereocenters. The number of benzene rings is 2. The Labute approximate surface area is 121 Å². The Balaban J connectivity index is 2.42. The predicted molar refractivity (Wildman–Crippen MR) is 73.5 cm³/mol.